The molecule has 2 nitrogen and oxygen atoms in total. The summed E-state index contributed by atoms with van der Waals surface area (Å²) in [6.07, 6.45) is 5.57. The molecule has 1 aromatic heterocycles. The van der Waals surface area contributed by atoms with Crippen LogP contribution < -0.4 is 4.74 Å². The summed E-state index contributed by atoms with van der Waals surface area (Å²) in [5, 5.41) is 0. The molecule has 0 radical (unpaired) electrons. The minimum atomic E-state index is 0.436. The molecule has 70 valence electrons. The lowest BCUT2D eigenvalue weighted by molar-refractivity contribution is 0.300. The van der Waals surface area contributed by atoms with Gasteiger partial charge in [0.1, 0.15) is 0 Å². The van der Waals surface area contributed by atoms with Crippen molar-refractivity contribution in [3.8, 4) is 5.75 Å². The first-order valence-electron chi connectivity index (χ1n) is 4.60. The van der Waals surface area contributed by atoms with E-state index < -0.39 is 0 Å². The van der Waals surface area contributed by atoms with Crippen molar-refractivity contribution in [2.75, 3.05) is 0 Å². The second kappa shape index (κ2) is 3.66. The Hall–Kier alpha value is -0.570. The highest BCUT2D eigenvalue weighted by Gasteiger charge is 2.24. The maximum absolute atomic E-state index is 5.65. The summed E-state index contributed by atoms with van der Waals surface area (Å²) in [4.78, 5) is 4.28. The second-order valence-electron chi connectivity index (χ2n) is 3.28. The number of ether oxygens (including phenoxy) is 1. The molecule has 0 atom stereocenters. The summed E-state index contributed by atoms with van der Waals surface area (Å²) in [5.74, 6) is 0.875. The summed E-state index contributed by atoms with van der Waals surface area (Å²) < 4.78 is 6.67. The van der Waals surface area contributed by atoms with Gasteiger partial charge in [-0.15, -0.1) is 0 Å². The lowest BCUT2D eigenvalue weighted by atomic mass is 10.3. The molecule has 1 fully saturated rings. The summed E-state index contributed by atoms with van der Waals surface area (Å²) in [7, 11) is 0. The molecule has 1 heterocycles. The largest absolute Gasteiger partial charge is 0.488 e. The number of aromatic nitrogens is 1. The lowest BCUT2D eigenvalue weighted by Gasteiger charge is -2.06. The molecular formula is C10H12BrNO. The van der Waals surface area contributed by atoms with Crippen molar-refractivity contribution >= 4 is 15.9 Å². The monoisotopic (exact) mass is 241 g/mol. The van der Waals surface area contributed by atoms with Crippen LogP contribution in [0.1, 0.15) is 25.5 Å². The van der Waals surface area contributed by atoms with Gasteiger partial charge in [-0.05, 0) is 41.3 Å². The molecule has 0 bridgehead atoms. The molecule has 0 amide bonds. The van der Waals surface area contributed by atoms with Gasteiger partial charge in [-0.1, -0.05) is 6.92 Å². The SMILES string of the molecule is CCc1cc(Br)c(OC2CC2)cn1. The zero-order valence-corrected chi connectivity index (χ0v) is 9.17. The molecule has 0 spiro atoms. The van der Waals surface area contributed by atoms with E-state index in [4.69, 9.17) is 4.74 Å². The molecule has 1 aromatic rings. The average molecular weight is 242 g/mol. The summed E-state index contributed by atoms with van der Waals surface area (Å²) in [6.45, 7) is 2.09. The van der Waals surface area contributed by atoms with Crippen LogP contribution >= 0.6 is 15.9 Å². The van der Waals surface area contributed by atoms with Gasteiger partial charge in [0.25, 0.3) is 0 Å². The molecule has 1 aliphatic carbocycles. The average Bonchev–Trinajstić information content (AvgIpc) is 2.92. The van der Waals surface area contributed by atoms with E-state index in [1.54, 1.807) is 6.20 Å². The van der Waals surface area contributed by atoms with E-state index in [-0.39, 0.29) is 0 Å². The Morgan fingerprint density at radius 1 is 1.62 bits per heavy atom. The van der Waals surface area contributed by atoms with E-state index in [2.05, 4.69) is 27.8 Å². The number of hydrogen-bond donors (Lipinski definition) is 0. The van der Waals surface area contributed by atoms with Gasteiger partial charge in [-0.3, -0.25) is 4.98 Å². The van der Waals surface area contributed by atoms with Crippen molar-refractivity contribution < 1.29 is 4.74 Å². The Kier molecular flexibility index (Phi) is 2.54. The number of halogens is 1. The minimum absolute atomic E-state index is 0.436. The topological polar surface area (TPSA) is 22.1 Å². The van der Waals surface area contributed by atoms with Crippen LogP contribution in [-0.4, -0.2) is 11.1 Å². The van der Waals surface area contributed by atoms with E-state index in [9.17, 15) is 0 Å². The Morgan fingerprint density at radius 2 is 2.38 bits per heavy atom. The molecule has 13 heavy (non-hydrogen) atoms. The molecule has 1 saturated carbocycles. The first-order chi connectivity index (χ1) is 6.29. The smallest absolute Gasteiger partial charge is 0.152 e. The second-order valence-corrected chi connectivity index (χ2v) is 4.13. The first-order valence-corrected chi connectivity index (χ1v) is 5.40. The van der Waals surface area contributed by atoms with Crippen LogP contribution in [0.25, 0.3) is 0 Å². The van der Waals surface area contributed by atoms with Crippen LogP contribution in [0.3, 0.4) is 0 Å². The molecule has 0 aromatic carbocycles. The van der Waals surface area contributed by atoms with Gasteiger partial charge in [0.2, 0.25) is 0 Å². The minimum Gasteiger partial charge on any atom is -0.488 e. The Bertz CT molecular complexity index is 310. The fourth-order valence-corrected chi connectivity index (χ4v) is 1.56. The van der Waals surface area contributed by atoms with Crippen LogP contribution in [0.2, 0.25) is 0 Å². The number of nitrogens with zero attached hydrogens (tertiary/aromatic N) is 1. The summed E-state index contributed by atoms with van der Waals surface area (Å²) >= 11 is 3.48. The highest BCUT2D eigenvalue weighted by Crippen LogP contribution is 2.31. The van der Waals surface area contributed by atoms with Crippen molar-refractivity contribution in [1.29, 1.82) is 0 Å². The maximum Gasteiger partial charge on any atom is 0.152 e. The molecule has 0 N–H and O–H groups in total. The fourth-order valence-electron chi connectivity index (χ4n) is 1.10. The van der Waals surface area contributed by atoms with Crippen LogP contribution in [0, 0.1) is 0 Å². The van der Waals surface area contributed by atoms with E-state index in [0.717, 1.165) is 22.3 Å². The van der Waals surface area contributed by atoms with Crippen LogP contribution in [-0.2, 0) is 6.42 Å². The van der Waals surface area contributed by atoms with Gasteiger partial charge in [0, 0.05) is 5.69 Å². The van der Waals surface area contributed by atoms with Crippen molar-refractivity contribution in [2.24, 2.45) is 0 Å². The van der Waals surface area contributed by atoms with Gasteiger partial charge in [0.05, 0.1) is 16.8 Å². The third kappa shape index (κ3) is 2.21. The highest BCUT2D eigenvalue weighted by atomic mass is 79.9. The van der Waals surface area contributed by atoms with E-state index in [1.165, 1.54) is 12.8 Å². The van der Waals surface area contributed by atoms with Crippen molar-refractivity contribution in [1.82, 2.24) is 4.98 Å². The predicted octanol–water partition coefficient (Wildman–Crippen LogP) is 2.95. The van der Waals surface area contributed by atoms with Gasteiger partial charge < -0.3 is 4.74 Å². The third-order valence-corrected chi connectivity index (χ3v) is 2.68. The standard InChI is InChI=1S/C10H12BrNO/c1-2-7-5-9(11)10(6-12-7)13-8-3-4-8/h5-6,8H,2-4H2,1H3. The van der Waals surface area contributed by atoms with Crippen molar-refractivity contribution in [2.45, 2.75) is 32.3 Å². The quantitative estimate of drug-likeness (QED) is 0.812. The van der Waals surface area contributed by atoms with E-state index >= 15 is 0 Å². The van der Waals surface area contributed by atoms with Crippen molar-refractivity contribution in [3.63, 3.8) is 0 Å². The Morgan fingerprint density at radius 3 is 2.92 bits per heavy atom. The fraction of sp³-hybridized carbons (Fsp3) is 0.500. The van der Waals surface area contributed by atoms with Gasteiger partial charge in [0.15, 0.2) is 5.75 Å². The number of aryl methyl sites for hydroxylation is 1. The predicted molar refractivity (Wildman–Crippen MR) is 55.0 cm³/mol. The molecule has 3 heteroatoms. The van der Waals surface area contributed by atoms with Gasteiger partial charge in [-0.2, -0.15) is 0 Å². The molecule has 0 unspecified atom stereocenters. The maximum atomic E-state index is 5.65. The number of hydrogen-bond acceptors (Lipinski definition) is 2. The highest BCUT2D eigenvalue weighted by molar-refractivity contribution is 9.10. The van der Waals surface area contributed by atoms with E-state index in [0.29, 0.717) is 6.10 Å². The van der Waals surface area contributed by atoms with Crippen LogP contribution in [0.4, 0.5) is 0 Å². The summed E-state index contributed by atoms with van der Waals surface area (Å²) in [6, 6.07) is 2.03. The first kappa shape index (κ1) is 9.00. The number of rotatable bonds is 3. The summed E-state index contributed by atoms with van der Waals surface area (Å²) in [5.41, 5.74) is 1.09. The molecule has 2 rings (SSSR count). The molecule has 0 saturated heterocycles. The molecule has 1 aliphatic rings. The third-order valence-electron chi connectivity index (χ3n) is 2.06. The number of pyridine rings is 1. The zero-order chi connectivity index (χ0) is 9.26. The van der Waals surface area contributed by atoms with Crippen LogP contribution in [0.15, 0.2) is 16.7 Å². The Labute approximate surface area is 86.5 Å². The van der Waals surface area contributed by atoms with E-state index in [1.807, 2.05) is 6.07 Å². The van der Waals surface area contributed by atoms with Crippen molar-refractivity contribution in [3.05, 3.63) is 22.4 Å². The lowest BCUT2D eigenvalue weighted by Crippen LogP contribution is -1.98. The zero-order valence-electron chi connectivity index (χ0n) is 7.59. The van der Waals surface area contributed by atoms with Crippen LogP contribution in [0.5, 0.6) is 5.75 Å². The van der Waals surface area contributed by atoms with Gasteiger partial charge in [-0.25, -0.2) is 0 Å². The van der Waals surface area contributed by atoms with Gasteiger partial charge >= 0.3 is 0 Å². The Balaban J connectivity index is 2.15. The molecular weight excluding hydrogens is 230 g/mol. The molecule has 0 aliphatic heterocycles. The normalized spacial score (nSPS) is 15.8.